The number of hydrogen-bond donors (Lipinski definition) is 0. The zero-order valence-corrected chi connectivity index (χ0v) is 33.5. The van der Waals surface area contributed by atoms with Crippen LogP contribution in [-0.2, 0) is 0 Å². The fourth-order valence-electron chi connectivity index (χ4n) is 3.18. The van der Waals surface area contributed by atoms with E-state index in [-0.39, 0.29) is 0 Å². The molecule has 11 heteroatoms. The van der Waals surface area contributed by atoms with Crippen LogP contribution in [0.1, 0.15) is 0 Å². The molecule has 4 aliphatic heterocycles. The average molecular weight is 904 g/mol. The van der Waals surface area contributed by atoms with Crippen molar-refractivity contribution in [3.63, 3.8) is 0 Å². The summed E-state index contributed by atoms with van der Waals surface area (Å²) < 4.78 is 0. The Hall–Kier alpha value is 4.70. The van der Waals surface area contributed by atoms with E-state index in [0.717, 1.165) is 95.8 Å². The summed E-state index contributed by atoms with van der Waals surface area (Å²) in [6, 6.07) is 0. The van der Waals surface area contributed by atoms with E-state index < -0.39 is 0 Å². The molecule has 0 radical (unpaired) electrons. The SMILES string of the molecule is C(C[Se]CC1CS1)SCC(CSCC[Se]CC1CS1)(C[Se]CC[Se]CC1CS1)C[Se]CC1CS1. The van der Waals surface area contributed by atoms with Crippen molar-refractivity contribution in [2.45, 2.75) is 74.2 Å². The standard InChI is InChI=1S/C23H40S6Se5/c1(3-30-11-19-7-26-19)24-15-23(18-34-14-22-10-29-22,16-25-2-4-31-12-20-8-27-20)17-33-6-5-32-13-21-9-28-21/h19-22H,1-18H2. The summed E-state index contributed by atoms with van der Waals surface area (Å²) in [6.45, 7) is 0. The molecule has 4 fully saturated rings. The molecule has 0 nitrogen and oxygen atoms in total. The topological polar surface area (TPSA) is 0 Å². The summed E-state index contributed by atoms with van der Waals surface area (Å²) in [5.74, 6) is 11.8. The van der Waals surface area contributed by atoms with Gasteiger partial charge in [-0.25, -0.2) is 0 Å². The van der Waals surface area contributed by atoms with Crippen molar-refractivity contribution in [1.82, 2.24) is 0 Å². The predicted molar refractivity (Wildman–Crippen MR) is 179 cm³/mol. The monoisotopic (exact) mass is 908 g/mol. The van der Waals surface area contributed by atoms with Gasteiger partial charge in [-0.3, -0.25) is 0 Å². The van der Waals surface area contributed by atoms with Crippen LogP contribution in [0.5, 0.6) is 0 Å². The normalized spacial score (nSPS) is 28.6. The second-order valence-corrected chi connectivity index (χ2v) is 28.5. The zero-order valence-electron chi connectivity index (χ0n) is 20.0. The van der Waals surface area contributed by atoms with Gasteiger partial charge >= 0.3 is 271 Å². The fraction of sp³-hybridized carbons (Fsp3) is 1.00. The molecule has 0 saturated carbocycles. The van der Waals surface area contributed by atoms with E-state index in [9.17, 15) is 0 Å². The van der Waals surface area contributed by atoms with E-state index in [1.165, 1.54) is 56.7 Å². The van der Waals surface area contributed by atoms with Gasteiger partial charge in [-0.1, -0.05) is 0 Å². The van der Waals surface area contributed by atoms with Gasteiger partial charge in [-0.05, 0) is 0 Å². The first kappa shape index (κ1) is 31.6. The van der Waals surface area contributed by atoms with Crippen molar-refractivity contribution in [2.75, 3.05) is 46.0 Å². The molecule has 0 aromatic rings. The van der Waals surface area contributed by atoms with Gasteiger partial charge in [0, 0.05) is 0 Å². The Kier molecular flexibility index (Phi) is 17.7. The molecule has 0 spiro atoms. The second-order valence-electron chi connectivity index (χ2n) is 9.22. The third-order valence-corrected chi connectivity index (χ3v) is 29.4. The van der Waals surface area contributed by atoms with Crippen molar-refractivity contribution in [3.8, 4) is 0 Å². The van der Waals surface area contributed by atoms with Crippen LogP contribution in [0.3, 0.4) is 0 Å². The Morgan fingerprint density at radius 2 is 0.912 bits per heavy atom. The predicted octanol–water partition coefficient (Wildman–Crippen LogP) is 6.60. The van der Waals surface area contributed by atoms with Crippen LogP contribution in [0.2, 0.25) is 53.2 Å². The van der Waals surface area contributed by atoms with Gasteiger partial charge in [-0.15, -0.1) is 0 Å². The molecule has 0 bridgehead atoms. The van der Waals surface area contributed by atoms with Gasteiger partial charge in [0.1, 0.15) is 0 Å². The van der Waals surface area contributed by atoms with Gasteiger partial charge < -0.3 is 0 Å². The van der Waals surface area contributed by atoms with Gasteiger partial charge in [0.2, 0.25) is 0 Å². The van der Waals surface area contributed by atoms with E-state index >= 15 is 0 Å². The van der Waals surface area contributed by atoms with Crippen LogP contribution in [0.25, 0.3) is 0 Å². The first-order chi connectivity index (χ1) is 16.8. The first-order valence-corrected chi connectivity index (χ1v) is 30.9. The Morgan fingerprint density at radius 1 is 0.529 bits per heavy atom. The fourth-order valence-corrected chi connectivity index (χ4v) is 28.5. The number of thioether (sulfide) groups is 6. The second kappa shape index (κ2) is 19.0. The minimum atomic E-state index is 0.701. The van der Waals surface area contributed by atoms with Gasteiger partial charge in [0.05, 0.1) is 0 Å². The Bertz CT molecular complexity index is 486. The Balaban J connectivity index is 1.17. The van der Waals surface area contributed by atoms with Crippen LogP contribution >= 0.6 is 70.6 Å². The molecule has 0 aliphatic carbocycles. The van der Waals surface area contributed by atoms with Crippen LogP contribution in [0.15, 0.2) is 0 Å². The van der Waals surface area contributed by atoms with E-state index in [1.807, 2.05) is 0 Å². The Labute approximate surface area is 267 Å². The molecular formula is C23H40S6Se5. The average Bonchev–Trinajstić information content (AvgIpc) is 3.66. The molecule has 4 aliphatic rings. The van der Waals surface area contributed by atoms with Crippen molar-refractivity contribution in [1.29, 1.82) is 0 Å². The summed E-state index contributed by atoms with van der Waals surface area (Å²) in [4.78, 5) is 0. The molecule has 4 unspecified atom stereocenters. The van der Waals surface area contributed by atoms with Crippen molar-refractivity contribution in [2.24, 2.45) is 5.41 Å². The van der Waals surface area contributed by atoms with E-state index in [1.54, 1.807) is 42.6 Å². The Morgan fingerprint density at radius 3 is 1.38 bits per heavy atom. The summed E-state index contributed by atoms with van der Waals surface area (Å²) >= 11 is 18.2. The minimum absolute atomic E-state index is 0.701. The molecule has 4 heterocycles. The van der Waals surface area contributed by atoms with Crippen LogP contribution in [0, 0.1) is 5.41 Å². The summed E-state index contributed by atoms with van der Waals surface area (Å²) in [5.41, 5.74) is 0.701. The quantitative estimate of drug-likeness (QED) is 0.0572. The summed E-state index contributed by atoms with van der Waals surface area (Å²) in [5, 5.41) is 20.1. The molecule has 0 N–H and O–H groups in total. The van der Waals surface area contributed by atoms with Crippen molar-refractivity contribution >= 4 is 145 Å². The molecule has 4 saturated heterocycles. The molecule has 4 atom stereocenters. The molecule has 34 heavy (non-hydrogen) atoms. The zero-order chi connectivity index (χ0) is 23.3. The third kappa shape index (κ3) is 16.2. The first-order valence-electron chi connectivity index (χ1n) is 12.3. The maximum atomic E-state index is 2.38. The van der Waals surface area contributed by atoms with Gasteiger partial charge in [-0.2, -0.15) is 0 Å². The van der Waals surface area contributed by atoms with E-state index in [2.05, 4.69) is 70.6 Å². The molecule has 4 rings (SSSR count). The van der Waals surface area contributed by atoms with Gasteiger partial charge in [0.15, 0.2) is 0 Å². The molecule has 0 aromatic carbocycles. The van der Waals surface area contributed by atoms with Crippen LogP contribution in [-0.4, -0.2) is 142 Å². The number of hydrogen-bond acceptors (Lipinski definition) is 6. The van der Waals surface area contributed by atoms with Crippen LogP contribution < -0.4 is 0 Å². The molecule has 0 amide bonds. The van der Waals surface area contributed by atoms with Gasteiger partial charge in [0.25, 0.3) is 0 Å². The summed E-state index contributed by atoms with van der Waals surface area (Å²) in [7, 11) is 0. The number of rotatable bonds is 25. The third-order valence-electron chi connectivity index (χ3n) is 5.57. The van der Waals surface area contributed by atoms with Crippen molar-refractivity contribution < 1.29 is 0 Å². The van der Waals surface area contributed by atoms with Crippen molar-refractivity contribution in [3.05, 3.63) is 0 Å². The van der Waals surface area contributed by atoms with E-state index in [0.29, 0.717) is 5.41 Å². The van der Waals surface area contributed by atoms with Crippen LogP contribution in [0.4, 0.5) is 0 Å². The maximum absolute atomic E-state index is 2.38. The molecule has 198 valence electrons. The summed E-state index contributed by atoms with van der Waals surface area (Å²) in [6.07, 6.45) is 0. The van der Waals surface area contributed by atoms with E-state index in [4.69, 9.17) is 0 Å². The molecular weight excluding hydrogens is 863 g/mol. The molecule has 0 aromatic heterocycles.